The van der Waals surface area contributed by atoms with Gasteiger partial charge in [0.1, 0.15) is 11.2 Å². The van der Waals surface area contributed by atoms with Crippen molar-refractivity contribution in [1.29, 1.82) is 0 Å². The first kappa shape index (κ1) is 37.1. The van der Waals surface area contributed by atoms with Gasteiger partial charge in [-0.3, -0.25) is 0 Å². The average Bonchev–Trinajstić information content (AvgIpc) is 3.96. The van der Waals surface area contributed by atoms with Crippen LogP contribution in [0.3, 0.4) is 0 Å². The first-order chi connectivity index (χ1) is 32.8. The van der Waals surface area contributed by atoms with Gasteiger partial charge >= 0.3 is 0 Å². The van der Waals surface area contributed by atoms with Gasteiger partial charge in [0.15, 0.2) is 0 Å². The Kier molecular flexibility index (Phi) is 8.22. The SMILES string of the molecule is c1ccc(-c2ccc3oc4ccc(-c5c6ccccc6c(-c6cccc7c6sc6cccc(-c8c9ccccc9c(-c9ccccc9)c9ccccc89)c67)c6ccccc56)cc4c3c2)cc1. The van der Waals surface area contributed by atoms with E-state index in [1.54, 1.807) is 0 Å². The van der Waals surface area contributed by atoms with Gasteiger partial charge in [0.2, 0.25) is 0 Å². The summed E-state index contributed by atoms with van der Waals surface area (Å²) in [6.45, 7) is 0. The Hall–Kier alpha value is -8.30. The number of benzene rings is 12. The lowest BCUT2D eigenvalue weighted by Crippen LogP contribution is -1.91. The van der Waals surface area contributed by atoms with Crippen LogP contribution >= 0.6 is 11.3 Å². The van der Waals surface area contributed by atoms with Gasteiger partial charge in [-0.05, 0) is 123 Å². The minimum atomic E-state index is 0.896. The molecule has 0 spiro atoms. The van der Waals surface area contributed by atoms with Crippen molar-refractivity contribution >= 4 is 96.5 Å². The third-order valence-electron chi connectivity index (χ3n) is 13.9. The van der Waals surface area contributed by atoms with Crippen molar-refractivity contribution in [3.8, 4) is 55.6 Å². The zero-order valence-electron chi connectivity index (χ0n) is 35.8. The zero-order chi connectivity index (χ0) is 43.3. The van der Waals surface area contributed by atoms with Crippen LogP contribution in [-0.4, -0.2) is 0 Å². The number of hydrogen-bond donors (Lipinski definition) is 0. The van der Waals surface area contributed by atoms with Crippen molar-refractivity contribution in [1.82, 2.24) is 0 Å². The Morgan fingerprint density at radius 1 is 0.258 bits per heavy atom. The Bertz CT molecular complexity index is 4160. The number of fused-ring (bicyclic) bond motifs is 10. The average molecular weight is 855 g/mol. The Morgan fingerprint density at radius 3 is 1.23 bits per heavy atom. The van der Waals surface area contributed by atoms with E-state index < -0.39 is 0 Å². The molecule has 0 saturated carbocycles. The molecule has 0 unspecified atom stereocenters. The molecule has 2 aromatic heterocycles. The first-order valence-corrected chi connectivity index (χ1v) is 23.5. The van der Waals surface area contributed by atoms with Crippen LogP contribution in [-0.2, 0) is 0 Å². The molecule has 14 aromatic rings. The molecule has 66 heavy (non-hydrogen) atoms. The molecular weight excluding hydrogens is 817 g/mol. The fourth-order valence-corrected chi connectivity index (χ4v) is 12.3. The van der Waals surface area contributed by atoms with Crippen LogP contribution in [0.25, 0.3) is 141 Å². The molecule has 14 rings (SSSR count). The van der Waals surface area contributed by atoms with Crippen molar-refractivity contribution in [2.24, 2.45) is 0 Å². The van der Waals surface area contributed by atoms with Gasteiger partial charge in [-0.2, -0.15) is 0 Å². The van der Waals surface area contributed by atoms with Crippen LogP contribution in [0.15, 0.2) is 235 Å². The van der Waals surface area contributed by atoms with Crippen molar-refractivity contribution < 1.29 is 4.42 Å². The lowest BCUT2D eigenvalue weighted by Gasteiger charge is -2.19. The molecule has 0 aliphatic carbocycles. The quantitative estimate of drug-likeness (QED) is 0.157. The van der Waals surface area contributed by atoms with E-state index in [0.29, 0.717) is 0 Å². The van der Waals surface area contributed by atoms with Gasteiger partial charge in [-0.25, -0.2) is 0 Å². The fourth-order valence-electron chi connectivity index (χ4n) is 11.1. The van der Waals surface area contributed by atoms with Gasteiger partial charge in [-0.1, -0.05) is 200 Å². The highest BCUT2D eigenvalue weighted by Gasteiger charge is 2.23. The van der Waals surface area contributed by atoms with Crippen molar-refractivity contribution in [3.63, 3.8) is 0 Å². The second-order valence-electron chi connectivity index (χ2n) is 17.4. The van der Waals surface area contributed by atoms with Gasteiger partial charge in [0.05, 0.1) is 0 Å². The first-order valence-electron chi connectivity index (χ1n) is 22.7. The predicted octanol–water partition coefficient (Wildman–Crippen LogP) is 18.9. The largest absolute Gasteiger partial charge is 0.456 e. The molecular formula is C64H38OS. The third kappa shape index (κ3) is 5.52. The van der Waals surface area contributed by atoms with Crippen molar-refractivity contribution in [2.45, 2.75) is 0 Å². The lowest BCUT2D eigenvalue weighted by atomic mass is 9.84. The Balaban J connectivity index is 1.01. The van der Waals surface area contributed by atoms with Gasteiger partial charge < -0.3 is 4.42 Å². The summed E-state index contributed by atoms with van der Waals surface area (Å²) in [5.74, 6) is 0. The van der Waals surface area contributed by atoms with E-state index in [-0.39, 0.29) is 0 Å². The lowest BCUT2D eigenvalue weighted by molar-refractivity contribution is 0.669. The van der Waals surface area contributed by atoms with Crippen LogP contribution in [0.2, 0.25) is 0 Å². The van der Waals surface area contributed by atoms with Gasteiger partial charge in [0, 0.05) is 36.5 Å². The van der Waals surface area contributed by atoms with Gasteiger partial charge in [-0.15, -0.1) is 11.3 Å². The highest BCUT2D eigenvalue weighted by molar-refractivity contribution is 7.26. The molecule has 0 saturated heterocycles. The summed E-state index contributed by atoms with van der Waals surface area (Å²) in [5, 5.41) is 14.9. The number of thiophene rings is 1. The highest BCUT2D eigenvalue weighted by Crippen LogP contribution is 2.52. The van der Waals surface area contributed by atoms with Crippen LogP contribution in [0.1, 0.15) is 0 Å². The summed E-state index contributed by atoms with van der Waals surface area (Å²) in [7, 11) is 0. The maximum absolute atomic E-state index is 6.46. The van der Waals surface area contributed by atoms with Crippen LogP contribution in [0.5, 0.6) is 0 Å². The molecule has 0 atom stereocenters. The smallest absolute Gasteiger partial charge is 0.135 e. The molecule has 1 nitrogen and oxygen atoms in total. The highest BCUT2D eigenvalue weighted by atomic mass is 32.1. The zero-order valence-corrected chi connectivity index (χ0v) is 36.6. The van der Waals surface area contributed by atoms with E-state index in [1.165, 1.54) is 119 Å². The molecule has 0 aliphatic rings. The molecule has 12 aromatic carbocycles. The van der Waals surface area contributed by atoms with Gasteiger partial charge in [0.25, 0.3) is 0 Å². The summed E-state index contributed by atoms with van der Waals surface area (Å²) >= 11 is 1.91. The molecule has 2 heterocycles. The summed E-state index contributed by atoms with van der Waals surface area (Å²) in [4.78, 5) is 0. The predicted molar refractivity (Wildman–Crippen MR) is 284 cm³/mol. The Labute approximate surface area is 385 Å². The summed E-state index contributed by atoms with van der Waals surface area (Å²) in [5.41, 5.74) is 14.2. The minimum Gasteiger partial charge on any atom is -0.456 e. The van der Waals surface area contributed by atoms with E-state index in [9.17, 15) is 0 Å². The van der Waals surface area contributed by atoms with Crippen LogP contribution in [0.4, 0.5) is 0 Å². The second kappa shape index (κ2) is 14.6. The maximum atomic E-state index is 6.46. The van der Waals surface area contributed by atoms with Crippen molar-refractivity contribution in [3.05, 3.63) is 231 Å². The van der Waals surface area contributed by atoms with E-state index in [0.717, 1.165) is 21.9 Å². The molecule has 0 bridgehead atoms. The monoisotopic (exact) mass is 854 g/mol. The summed E-state index contributed by atoms with van der Waals surface area (Å²) < 4.78 is 9.05. The fraction of sp³-hybridized carbons (Fsp3) is 0. The molecule has 0 radical (unpaired) electrons. The third-order valence-corrected chi connectivity index (χ3v) is 15.1. The number of furan rings is 1. The normalized spacial score (nSPS) is 11.9. The van der Waals surface area contributed by atoms with E-state index >= 15 is 0 Å². The molecule has 0 N–H and O–H groups in total. The van der Waals surface area contributed by atoms with E-state index in [2.05, 4.69) is 231 Å². The minimum absolute atomic E-state index is 0.896. The molecule has 0 fully saturated rings. The maximum Gasteiger partial charge on any atom is 0.135 e. The Morgan fingerprint density at radius 2 is 0.667 bits per heavy atom. The van der Waals surface area contributed by atoms with E-state index in [1.807, 2.05) is 11.3 Å². The molecule has 306 valence electrons. The second-order valence-corrected chi connectivity index (χ2v) is 18.5. The topological polar surface area (TPSA) is 13.1 Å². The van der Waals surface area contributed by atoms with Crippen LogP contribution < -0.4 is 0 Å². The van der Waals surface area contributed by atoms with Crippen LogP contribution in [0, 0.1) is 0 Å². The van der Waals surface area contributed by atoms with E-state index in [4.69, 9.17) is 4.42 Å². The summed E-state index contributed by atoms with van der Waals surface area (Å²) in [6, 6.07) is 84.6. The number of rotatable bonds is 5. The summed E-state index contributed by atoms with van der Waals surface area (Å²) in [6.07, 6.45) is 0. The molecule has 0 amide bonds. The molecule has 0 aliphatic heterocycles. The number of hydrogen-bond acceptors (Lipinski definition) is 2. The van der Waals surface area contributed by atoms with Crippen molar-refractivity contribution in [2.75, 3.05) is 0 Å². The molecule has 2 heteroatoms. The standard InChI is InChI=1S/C64H38OS/c1-3-17-39(18-4-1)41-33-35-56-54(37-41)55-38-42(34-36-57(55)65-56)60-45-23-9-13-27-49(45)62(50-28-14-10-24-46(50)60)52-30-15-31-53-63-51(29-16-32-58(63)66-64(52)53)61-47-25-11-7-21-43(47)59(40-19-5-2-6-20-40)44-22-8-12-26-48(44)61/h1-38H.